The van der Waals surface area contributed by atoms with E-state index in [1.54, 1.807) is 12.1 Å². The molecule has 0 aliphatic heterocycles. The minimum atomic E-state index is -0.275. The third-order valence-corrected chi connectivity index (χ3v) is 3.71. The fourth-order valence-corrected chi connectivity index (χ4v) is 2.69. The Kier molecular flexibility index (Phi) is 3.23. The first-order chi connectivity index (χ1) is 9.29. The van der Waals surface area contributed by atoms with Gasteiger partial charge in [0.25, 0.3) is 0 Å². The maximum atomic E-state index is 14.1. The molecule has 1 aliphatic carbocycles. The van der Waals surface area contributed by atoms with Crippen LogP contribution in [-0.4, -0.2) is 16.7 Å². The number of fused-ring (bicyclic) bond motifs is 1. The zero-order chi connectivity index (χ0) is 13.2. The molecule has 3 rings (SSSR count). The van der Waals surface area contributed by atoms with Crippen molar-refractivity contribution in [3.05, 3.63) is 47.3 Å². The number of benzene rings is 1. The average Bonchev–Trinajstić information content (AvgIpc) is 2.85. The lowest BCUT2D eigenvalue weighted by Crippen LogP contribution is -2.10. The molecule has 0 atom stereocenters. The Balaban J connectivity index is 1.91. The minimum absolute atomic E-state index is 0.275. The van der Waals surface area contributed by atoms with Crippen LogP contribution in [0.3, 0.4) is 0 Å². The summed E-state index contributed by atoms with van der Waals surface area (Å²) in [6.45, 7) is 0.519. The number of aryl methyl sites for hydroxylation is 1. The molecule has 0 bridgehead atoms. The van der Waals surface area contributed by atoms with Crippen molar-refractivity contribution >= 4 is 0 Å². The summed E-state index contributed by atoms with van der Waals surface area (Å²) in [7, 11) is 1.49. The van der Waals surface area contributed by atoms with Crippen LogP contribution in [0.1, 0.15) is 29.8 Å². The Labute approximate surface area is 112 Å². The third kappa shape index (κ3) is 2.23. The summed E-state index contributed by atoms with van der Waals surface area (Å²) in [5.41, 5.74) is 3.08. The molecule has 0 amide bonds. The quantitative estimate of drug-likeness (QED) is 0.848. The van der Waals surface area contributed by atoms with Crippen molar-refractivity contribution in [3.8, 4) is 5.75 Å². The summed E-state index contributed by atoms with van der Waals surface area (Å²) in [4.78, 5) is 4.43. The van der Waals surface area contributed by atoms with Crippen LogP contribution in [0, 0.1) is 5.82 Å². The Morgan fingerprint density at radius 2 is 2.16 bits per heavy atom. The van der Waals surface area contributed by atoms with E-state index in [1.165, 1.54) is 31.3 Å². The minimum Gasteiger partial charge on any atom is -0.494 e. The van der Waals surface area contributed by atoms with Crippen molar-refractivity contribution in [1.82, 2.24) is 9.55 Å². The number of hydrogen-bond acceptors (Lipinski definition) is 2. The second kappa shape index (κ2) is 5.03. The van der Waals surface area contributed by atoms with Crippen molar-refractivity contribution in [1.29, 1.82) is 0 Å². The second-order valence-corrected chi connectivity index (χ2v) is 4.91. The third-order valence-electron chi connectivity index (χ3n) is 3.71. The Morgan fingerprint density at radius 1 is 1.32 bits per heavy atom. The van der Waals surface area contributed by atoms with Gasteiger partial charge in [0.05, 0.1) is 25.7 Å². The van der Waals surface area contributed by atoms with Gasteiger partial charge in [-0.2, -0.15) is 0 Å². The van der Waals surface area contributed by atoms with Crippen LogP contribution in [0.15, 0.2) is 24.5 Å². The van der Waals surface area contributed by atoms with Gasteiger partial charge in [0.1, 0.15) is 0 Å². The fourth-order valence-electron chi connectivity index (χ4n) is 2.69. The Hall–Kier alpha value is -1.84. The van der Waals surface area contributed by atoms with Gasteiger partial charge in [0, 0.05) is 11.3 Å². The fraction of sp³-hybridized carbons (Fsp3) is 0.400. The number of aromatic nitrogens is 2. The molecule has 0 unspecified atom stereocenters. The molecule has 1 aromatic carbocycles. The van der Waals surface area contributed by atoms with E-state index in [1.807, 2.05) is 12.4 Å². The Morgan fingerprint density at radius 3 is 3.00 bits per heavy atom. The molecule has 19 heavy (non-hydrogen) atoms. The molecule has 1 aromatic heterocycles. The van der Waals surface area contributed by atoms with Gasteiger partial charge in [-0.25, -0.2) is 9.37 Å². The number of rotatable bonds is 3. The molecular weight excluding hydrogens is 243 g/mol. The number of nitrogens with zero attached hydrogens (tertiary/aromatic N) is 2. The van der Waals surface area contributed by atoms with Crippen LogP contribution in [0.2, 0.25) is 0 Å². The molecule has 0 spiro atoms. The molecule has 0 saturated carbocycles. The summed E-state index contributed by atoms with van der Waals surface area (Å²) >= 11 is 0. The van der Waals surface area contributed by atoms with E-state index in [9.17, 15) is 4.39 Å². The average molecular weight is 260 g/mol. The first-order valence-corrected chi connectivity index (χ1v) is 6.64. The standard InChI is InChI=1S/C15H17FN2O/c1-19-14-8-4-5-11(15(14)16)9-18-10-17-12-6-2-3-7-13(12)18/h4-5,8,10H,2-3,6-7,9H2,1H3. The van der Waals surface area contributed by atoms with Gasteiger partial charge in [0.2, 0.25) is 0 Å². The van der Waals surface area contributed by atoms with Crippen LogP contribution in [-0.2, 0) is 19.4 Å². The number of methoxy groups -OCH3 is 1. The lowest BCUT2D eigenvalue weighted by molar-refractivity contribution is 0.383. The predicted molar refractivity (Wildman–Crippen MR) is 70.9 cm³/mol. The highest BCUT2D eigenvalue weighted by Crippen LogP contribution is 2.24. The van der Waals surface area contributed by atoms with Gasteiger partial charge in [-0.05, 0) is 31.7 Å². The first-order valence-electron chi connectivity index (χ1n) is 6.64. The van der Waals surface area contributed by atoms with Crippen LogP contribution in [0.25, 0.3) is 0 Å². The molecular formula is C15H17FN2O. The number of imidazole rings is 1. The number of hydrogen-bond donors (Lipinski definition) is 0. The van der Waals surface area contributed by atoms with Crippen molar-refractivity contribution in [3.63, 3.8) is 0 Å². The SMILES string of the molecule is COc1cccc(Cn2cnc3c2CCCC3)c1F. The highest BCUT2D eigenvalue weighted by molar-refractivity contribution is 5.31. The topological polar surface area (TPSA) is 27.1 Å². The molecule has 2 aromatic rings. The van der Waals surface area contributed by atoms with Gasteiger partial charge < -0.3 is 9.30 Å². The smallest absolute Gasteiger partial charge is 0.170 e. The largest absolute Gasteiger partial charge is 0.494 e. The zero-order valence-corrected chi connectivity index (χ0v) is 11.0. The van der Waals surface area contributed by atoms with Gasteiger partial charge in [0.15, 0.2) is 11.6 Å². The molecule has 0 radical (unpaired) electrons. The van der Waals surface area contributed by atoms with E-state index < -0.39 is 0 Å². The van der Waals surface area contributed by atoms with Gasteiger partial charge >= 0.3 is 0 Å². The lowest BCUT2D eigenvalue weighted by Gasteiger charge is -2.14. The van der Waals surface area contributed by atoms with E-state index >= 15 is 0 Å². The van der Waals surface area contributed by atoms with Crippen LogP contribution in [0.5, 0.6) is 5.75 Å². The maximum Gasteiger partial charge on any atom is 0.170 e. The Bertz CT molecular complexity index is 592. The molecule has 0 N–H and O–H groups in total. The van der Waals surface area contributed by atoms with Crippen LogP contribution in [0.4, 0.5) is 4.39 Å². The summed E-state index contributed by atoms with van der Waals surface area (Å²) in [5.74, 6) is 0.0229. The van der Waals surface area contributed by atoms with E-state index in [0.29, 0.717) is 17.9 Å². The predicted octanol–water partition coefficient (Wildman–Crippen LogP) is 2.96. The molecule has 100 valence electrons. The number of halogens is 1. The second-order valence-electron chi connectivity index (χ2n) is 4.91. The van der Waals surface area contributed by atoms with Crippen molar-refractivity contribution in [2.24, 2.45) is 0 Å². The zero-order valence-electron chi connectivity index (χ0n) is 11.0. The summed E-state index contributed by atoms with van der Waals surface area (Å²) in [6, 6.07) is 5.26. The molecule has 0 fully saturated rings. The molecule has 0 saturated heterocycles. The van der Waals surface area contributed by atoms with E-state index in [0.717, 1.165) is 12.8 Å². The van der Waals surface area contributed by atoms with Gasteiger partial charge in [-0.15, -0.1) is 0 Å². The van der Waals surface area contributed by atoms with E-state index in [-0.39, 0.29) is 5.82 Å². The van der Waals surface area contributed by atoms with Crippen LogP contribution >= 0.6 is 0 Å². The summed E-state index contributed by atoms with van der Waals surface area (Å²) in [5, 5.41) is 0. The van der Waals surface area contributed by atoms with Crippen LogP contribution < -0.4 is 4.74 Å². The monoisotopic (exact) mass is 260 g/mol. The molecule has 1 aliphatic rings. The number of ether oxygens (including phenoxy) is 1. The van der Waals surface area contributed by atoms with E-state index in [4.69, 9.17) is 4.74 Å². The highest BCUT2D eigenvalue weighted by atomic mass is 19.1. The van der Waals surface area contributed by atoms with Crippen molar-refractivity contribution in [2.45, 2.75) is 32.2 Å². The normalized spacial score (nSPS) is 14.2. The van der Waals surface area contributed by atoms with Gasteiger partial charge in [-0.3, -0.25) is 0 Å². The molecule has 1 heterocycles. The summed E-state index contributed by atoms with van der Waals surface area (Å²) < 4.78 is 21.2. The lowest BCUT2D eigenvalue weighted by atomic mass is 10.0. The highest BCUT2D eigenvalue weighted by Gasteiger charge is 2.16. The maximum absolute atomic E-state index is 14.1. The van der Waals surface area contributed by atoms with E-state index in [2.05, 4.69) is 9.55 Å². The van der Waals surface area contributed by atoms with Gasteiger partial charge in [-0.1, -0.05) is 12.1 Å². The summed E-state index contributed by atoms with van der Waals surface area (Å²) in [6.07, 6.45) is 6.32. The van der Waals surface area contributed by atoms with Crippen molar-refractivity contribution in [2.75, 3.05) is 7.11 Å². The molecule has 4 heteroatoms. The first kappa shape index (κ1) is 12.2. The molecule has 3 nitrogen and oxygen atoms in total. The van der Waals surface area contributed by atoms with Crippen molar-refractivity contribution < 1.29 is 9.13 Å².